The van der Waals surface area contributed by atoms with Gasteiger partial charge in [0.1, 0.15) is 0 Å². The van der Waals surface area contributed by atoms with E-state index in [4.69, 9.17) is 5.11 Å². The maximum atomic E-state index is 9.90. The van der Waals surface area contributed by atoms with Crippen molar-refractivity contribution in [1.29, 1.82) is 0 Å². The quantitative estimate of drug-likeness (QED) is 0.760. The van der Waals surface area contributed by atoms with Crippen molar-refractivity contribution in [2.75, 3.05) is 0 Å². The molecule has 4 heteroatoms. The van der Waals surface area contributed by atoms with E-state index in [-0.39, 0.29) is 5.54 Å². The number of carbonyl (C=O) groups is 1. The molecule has 0 aromatic rings. The van der Waals surface area contributed by atoms with Crippen molar-refractivity contribution in [3.05, 3.63) is 0 Å². The van der Waals surface area contributed by atoms with Crippen LogP contribution in [0.3, 0.4) is 0 Å². The van der Waals surface area contributed by atoms with E-state index >= 15 is 0 Å². The molecule has 0 atom stereocenters. The molecule has 0 heterocycles. The fourth-order valence-electron chi connectivity index (χ4n) is 1.07. The molecular weight excluding hydrogens is 297 g/mol. The van der Waals surface area contributed by atoms with Crippen molar-refractivity contribution in [3.63, 3.8) is 0 Å². The van der Waals surface area contributed by atoms with Gasteiger partial charge in [-0.05, 0) is 20.8 Å². The Morgan fingerprint density at radius 3 is 1.67 bits per heavy atom. The van der Waals surface area contributed by atoms with E-state index in [2.05, 4.69) is 27.1 Å². The molecule has 15 heavy (non-hydrogen) atoms. The molecule has 0 radical (unpaired) electrons. The van der Waals surface area contributed by atoms with Gasteiger partial charge < -0.3 is 10.4 Å². The summed E-state index contributed by atoms with van der Waals surface area (Å²) in [5, 5.41) is 10.4. The average Bonchev–Trinajstić information content (AvgIpc) is 1.77. The first-order valence-corrected chi connectivity index (χ1v) is 16.1. The molecule has 1 amide bonds. The monoisotopic (exact) mass is 325 g/mol. The molecule has 0 rings (SSSR count). The molecule has 0 bridgehead atoms. The van der Waals surface area contributed by atoms with Crippen molar-refractivity contribution in [2.45, 2.75) is 58.9 Å². The molecule has 3 nitrogen and oxygen atoms in total. The Kier molecular flexibility index (Phi) is 8.57. The first kappa shape index (κ1) is 17.5. The molecule has 92 valence electrons. The number of carboxylic acid groups (broad SMARTS) is 1. The molecule has 0 fully saturated rings. The van der Waals surface area contributed by atoms with Gasteiger partial charge in [0, 0.05) is 5.54 Å². The second-order valence-corrected chi connectivity index (χ2v) is 22.0. The van der Waals surface area contributed by atoms with Gasteiger partial charge in [-0.3, -0.25) is 0 Å². The van der Waals surface area contributed by atoms with Crippen LogP contribution < -0.4 is 5.32 Å². The standard InChI is InChI=1S/C5H11NO2.C3H7.3CH3.Sn/c1-5(2,3)6-4(7)8;1-3-2;;;;/h6H,1-3H3,(H,7,8);1,3H2,2H3;3*1H3;. The summed E-state index contributed by atoms with van der Waals surface area (Å²) in [6.45, 7) is 7.66. The SMILES string of the molecule is CC(C)(C)NC(=O)O.CC[CH2][Sn]([CH3])([CH3])[CH3]. The van der Waals surface area contributed by atoms with E-state index in [1.807, 2.05) is 0 Å². The van der Waals surface area contributed by atoms with Crippen molar-refractivity contribution >= 4 is 24.5 Å². The molecule has 0 aromatic heterocycles. The summed E-state index contributed by atoms with van der Waals surface area (Å²) >= 11 is -1.28. The first-order valence-electron chi connectivity index (χ1n) is 5.49. The van der Waals surface area contributed by atoms with Gasteiger partial charge in [-0.1, -0.05) is 0 Å². The molecule has 0 aliphatic carbocycles. The average molecular weight is 324 g/mol. The topological polar surface area (TPSA) is 49.3 Å². The summed E-state index contributed by atoms with van der Waals surface area (Å²) in [7, 11) is 0. The Morgan fingerprint density at radius 1 is 1.27 bits per heavy atom. The third kappa shape index (κ3) is 24.9. The van der Waals surface area contributed by atoms with Gasteiger partial charge in [0.25, 0.3) is 0 Å². The maximum absolute atomic E-state index is 9.90. The van der Waals surface area contributed by atoms with E-state index in [0.29, 0.717) is 0 Å². The molecular formula is C11H27NO2Sn. The minimum atomic E-state index is -1.28. The summed E-state index contributed by atoms with van der Waals surface area (Å²) in [5.74, 6) is 0. The third-order valence-electron chi connectivity index (χ3n) is 1.48. The Morgan fingerprint density at radius 2 is 1.67 bits per heavy atom. The zero-order valence-electron chi connectivity index (χ0n) is 11.3. The number of amides is 1. The number of nitrogens with one attached hydrogen (secondary N) is 1. The zero-order chi connectivity index (χ0) is 12.7. The van der Waals surface area contributed by atoms with E-state index in [1.165, 1.54) is 6.42 Å². The zero-order valence-corrected chi connectivity index (χ0v) is 14.1. The van der Waals surface area contributed by atoms with Crippen LogP contribution in [-0.2, 0) is 0 Å². The summed E-state index contributed by atoms with van der Waals surface area (Å²) in [6.07, 6.45) is 0.428. The van der Waals surface area contributed by atoms with Crippen LogP contribution in [0.1, 0.15) is 34.1 Å². The van der Waals surface area contributed by atoms with Crippen LogP contribution >= 0.6 is 0 Å². The molecule has 0 unspecified atom stereocenters. The fourth-order valence-corrected chi connectivity index (χ4v) is 5.35. The van der Waals surface area contributed by atoms with Gasteiger partial charge in [-0.25, -0.2) is 4.79 Å². The van der Waals surface area contributed by atoms with Crippen LogP contribution in [0.2, 0.25) is 19.3 Å². The Balaban J connectivity index is 0. The van der Waals surface area contributed by atoms with Crippen molar-refractivity contribution in [3.8, 4) is 0 Å². The van der Waals surface area contributed by atoms with Crippen LogP contribution in [0.15, 0.2) is 0 Å². The van der Waals surface area contributed by atoms with Crippen molar-refractivity contribution in [2.24, 2.45) is 0 Å². The van der Waals surface area contributed by atoms with Crippen LogP contribution in [0.5, 0.6) is 0 Å². The molecule has 0 aromatic carbocycles. The van der Waals surface area contributed by atoms with Crippen molar-refractivity contribution < 1.29 is 9.90 Å². The van der Waals surface area contributed by atoms with Gasteiger partial charge in [-0.15, -0.1) is 0 Å². The predicted octanol–water partition coefficient (Wildman–Crippen LogP) is 3.79. The van der Waals surface area contributed by atoms with Crippen LogP contribution in [0.25, 0.3) is 0 Å². The first-order chi connectivity index (χ1) is 6.48. The number of rotatable bonds is 2. The Hall–Kier alpha value is 0.0687. The van der Waals surface area contributed by atoms with E-state index < -0.39 is 24.5 Å². The Bertz CT molecular complexity index is 180. The normalized spacial score (nSPS) is 11.4. The van der Waals surface area contributed by atoms with Crippen LogP contribution in [0, 0.1) is 0 Å². The molecule has 0 saturated heterocycles. The Labute approximate surface area is 98.5 Å². The van der Waals surface area contributed by atoms with Gasteiger partial charge in [0.15, 0.2) is 0 Å². The van der Waals surface area contributed by atoms with Crippen molar-refractivity contribution in [1.82, 2.24) is 5.32 Å². The third-order valence-corrected chi connectivity index (χ3v) is 7.19. The molecule has 0 aliphatic rings. The summed E-state index contributed by atoms with van der Waals surface area (Å²) in [4.78, 5) is 17.4. The second-order valence-electron chi connectivity index (χ2n) is 5.99. The number of hydrogen-bond acceptors (Lipinski definition) is 1. The molecule has 2 N–H and O–H groups in total. The number of hydrogen-bond donors (Lipinski definition) is 2. The molecule has 0 aliphatic heterocycles. The minimum absolute atomic E-state index is 0.328. The summed E-state index contributed by atoms with van der Waals surface area (Å²) < 4.78 is 1.55. The van der Waals surface area contributed by atoms with E-state index in [0.717, 1.165) is 0 Å². The van der Waals surface area contributed by atoms with E-state index in [9.17, 15) is 4.79 Å². The predicted molar refractivity (Wildman–Crippen MR) is 69.4 cm³/mol. The fraction of sp³-hybridized carbons (Fsp3) is 0.909. The van der Waals surface area contributed by atoms with Gasteiger partial charge in [0.05, 0.1) is 0 Å². The molecule has 0 spiro atoms. The van der Waals surface area contributed by atoms with Gasteiger partial charge in [0.2, 0.25) is 0 Å². The second kappa shape index (κ2) is 7.36. The van der Waals surface area contributed by atoms with Crippen LogP contribution in [-0.4, -0.2) is 35.1 Å². The van der Waals surface area contributed by atoms with Crippen LogP contribution in [0.4, 0.5) is 4.79 Å². The van der Waals surface area contributed by atoms with Gasteiger partial charge in [-0.2, -0.15) is 0 Å². The summed E-state index contributed by atoms with van der Waals surface area (Å²) in [6, 6.07) is 0. The molecule has 0 saturated carbocycles. The summed E-state index contributed by atoms with van der Waals surface area (Å²) in [5.41, 5.74) is -0.328. The van der Waals surface area contributed by atoms with Gasteiger partial charge >= 0.3 is 57.1 Å². The van der Waals surface area contributed by atoms with E-state index in [1.54, 1.807) is 25.2 Å².